The molecule has 0 unspecified atom stereocenters. The third-order valence-electron chi connectivity index (χ3n) is 4.87. The molecular weight excluding hydrogens is 402 g/mol. The van der Waals surface area contributed by atoms with Gasteiger partial charge in [-0.3, -0.25) is 25.1 Å². The van der Waals surface area contributed by atoms with Gasteiger partial charge in [-0.15, -0.1) is 0 Å². The average Bonchev–Trinajstić information content (AvgIpc) is 3.10. The van der Waals surface area contributed by atoms with Gasteiger partial charge in [-0.05, 0) is 31.2 Å². The molecule has 0 saturated heterocycles. The van der Waals surface area contributed by atoms with Crippen molar-refractivity contribution in [3.05, 3.63) is 82.6 Å². The third-order valence-corrected chi connectivity index (χ3v) is 5.12. The zero-order valence-corrected chi connectivity index (χ0v) is 17.1. The highest BCUT2D eigenvalue weighted by Gasteiger charge is 2.17. The van der Waals surface area contributed by atoms with E-state index in [9.17, 15) is 9.59 Å². The van der Waals surface area contributed by atoms with Gasteiger partial charge in [0.2, 0.25) is 0 Å². The molecule has 0 bridgehead atoms. The first kappa shape index (κ1) is 19.6. The zero-order valence-electron chi connectivity index (χ0n) is 16.3. The number of aryl methyl sites for hydroxylation is 1. The molecule has 0 aliphatic carbocycles. The summed E-state index contributed by atoms with van der Waals surface area (Å²) >= 11 is 5.98. The van der Waals surface area contributed by atoms with Gasteiger partial charge in [0, 0.05) is 28.7 Å². The van der Waals surface area contributed by atoms with E-state index in [2.05, 4.69) is 20.9 Å². The predicted octanol–water partition coefficient (Wildman–Crippen LogP) is 3.67. The van der Waals surface area contributed by atoms with E-state index in [1.165, 1.54) is 6.20 Å². The fourth-order valence-electron chi connectivity index (χ4n) is 3.10. The predicted molar refractivity (Wildman–Crippen MR) is 115 cm³/mol. The highest BCUT2D eigenvalue weighted by Crippen LogP contribution is 2.25. The number of carbonyl (C=O) groups is 2. The molecule has 2 aromatic heterocycles. The molecule has 0 radical (unpaired) electrons. The summed E-state index contributed by atoms with van der Waals surface area (Å²) in [6.45, 7) is 1.78. The van der Waals surface area contributed by atoms with Gasteiger partial charge < -0.3 is 0 Å². The van der Waals surface area contributed by atoms with E-state index in [1.54, 1.807) is 36.9 Å². The van der Waals surface area contributed by atoms with Crippen LogP contribution >= 0.6 is 11.6 Å². The molecule has 4 rings (SSSR count). The van der Waals surface area contributed by atoms with Crippen molar-refractivity contribution in [2.75, 3.05) is 0 Å². The highest BCUT2D eigenvalue weighted by molar-refractivity contribution is 6.30. The van der Waals surface area contributed by atoms with Crippen molar-refractivity contribution in [2.45, 2.75) is 6.92 Å². The Balaban J connectivity index is 1.65. The van der Waals surface area contributed by atoms with E-state index in [4.69, 9.17) is 11.6 Å². The van der Waals surface area contributed by atoms with E-state index in [0.717, 1.165) is 5.56 Å². The maximum absolute atomic E-state index is 12.9. The Kier molecular flexibility index (Phi) is 5.20. The van der Waals surface area contributed by atoms with Crippen LogP contribution in [0.1, 0.15) is 26.4 Å². The van der Waals surface area contributed by atoms with Crippen molar-refractivity contribution in [1.82, 2.24) is 25.6 Å². The van der Waals surface area contributed by atoms with Crippen molar-refractivity contribution in [2.24, 2.45) is 7.05 Å². The molecule has 30 heavy (non-hydrogen) atoms. The number of aromatic nitrogens is 3. The molecule has 2 N–H and O–H groups in total. The summed E-state index contributed by atoms with van der Waals surface area (Å²) in [4.78, 5) is 30.0. The maximum Gasteiger partial charge on any atom is 0.273 e. The maximum atomic E-state index is 12.9. The first-order valence-electron chi connectivity index (χ1n) is 9.19. The molecule has 8 heteroatoms. The lowest BCUT2D eigenvalue weighted by Crippen LogP contribution is -2.41. The number of nitrogens with zero attached hydrogens (tertiary/aromatic N) is 3. The number of halogens is 1. The van der Waals surface area contributed by atoms with Crippen LogP contribution in [0.2, 0.25) is 5.02 Å². The Morgan fingerprint density at radius 3 is 2.30 bits per heavy atom. The molecule has 0 fully saturated rings. The van der Waals surface area contributed by atoms with Gasteiger partial charge in [0.1, 0.15) is 0 Å². The molecule has 0 aliphatic rings. The van der Waals surface area contributed by atoms with Gasteiger partial charge in [0.15, 0.2) is 0 Å². The van der Waals surface area contributed by atoms with Crippen molar-refractivity contribution in [1.29, 1.82) is 0 Å². The Hall–Kier alpha value is -3.71. The van der Waals surface area contributed by atoms with Crippen molar-refractivity contribution < 1.29 is 9.59 Å². The minimum absolute atomic E-state index is 0.388. The molecule has 2 amide bonds. The standard InChI is InChI=1S/C22H18ClN5O2/c1-13-18(12-24-28(13)2)22(30)27-26-21(29)17-11-20(14-7-9-15(23)10-8-14)25-19-6-4-3-5-16(17)19/h3-12H,1-2H3,(H,26,29)(H,27,30). The van der Waals surface area contributed by atoms with Crippen molar-refractivity contribution in [3.63, 3.8) is 0 Å². The summed E-state index contributed by atoms with van der Waals surface area (Å²) < 4.78 is 1.59. The molecule has 2 heterocycles. The zero-order chi connectivity index (χ0) is 21.3. The van der Waals surface area contributed by atoms with Crippen LogP contribution in [-0.4, -0.2) is 26.6 Å². The summed E-state index contributed by atoms with van der Waals surface area (Å²) in [7, 11) is 1.74. The number of hydrogen-bond donors (Lipinski definition) is 2. The molecule has 7 nitrogen and oxygen atoms in total. The molecule has 0 aliphatic heterocycles. The molecule has 0 spiro atoms. The summed E-state index contributed by atoms with van der Waals surface area (Å²) in [6.07, 6.45) is 1.46. The van der Waals surface area contributed by atoms with E-state index < -0.39 is 11.8 Å². The smallest absolute Gasteiger partial charge is 0.272 e. The first-order valence-corrected chi connectivity index (χ1v) is 9.57. The number of para-hydroxylation sites is 1. The van der Waals surface area contributed by atoms with E-state index in [0.29, 0.717) is 38.4 Å². The van der Waals surface area contributed by atoms with Crippen LogP contribution in [0.5, 0.6) is 0 Å². The largest absolute Gasteiger partial charge is 0.273 e. The lowest BCUT2D eigenvalue weighted by atomic mass is 10.0. The molecule has 2 aromatic carbocycles. The van der Waals surface area contributed by atoms with E-state index in [1.807, 2.05) is 36.4 Å². The second-order valence-electron chi connectivity index (χ2n) is 6.75. The molecule has 4 aromatic rings. The van der Waals surface area contributed by atoms with Crippen LogP contribution in [0.15, 0.2) is 60.8 Å². The topological polar surface area (TPSA) is 88.9 Å². The van der Waals surface area contributed by atoms with Crippen LogP contribution < -0.4 is 10.9 Å². The number of nitrogens with one attached hydrogen (secondary N) is 2. The molecule has 150 valence electrons. The average molecular weight is 420 g/mol. The van der Waals surface area contributed by atoms with Crippen LogP contribution in [0.25, 0.3) is 22.2 Å². The van der Waals surface area contributed by atoms with Gasteiger partial charge >= 0.3 is 0 Å². The number of fused-ring (bicyclic) bond motifs is 1. The number of hydrazine groups is 1. The molecule has 0 atom stereocenters. The lowest BCUT2D eigenvalue weighted by Gasteiger charge is -2.11. The minimum atomic E-state index is -0.446. The van der Waals surface area contributed by atoms with Crippen LogP contribution in [0.4, 0.5) is 0 Å². The van der Waals surface area contributed by atoms with Crippen molar-refractivity contribution >= 4 is 34.3 Å². The van der Waals surface area contributed by atoms with E-state index in [-0.39, 0.29) is 0 Å². The minimum Gasteiger partial charge on any atom is -0.272 e. The van der Waals surface area contributed by atoms with Gasteiger partial charge in [0.05, 0.1) is 28.5 Å². The fourth-order valence-corrected chi connectivity index (χ4v) is 3.23. The highest BCUT2D eigenvalue weighted by atomic mass is 35.5. The number of hydrogen-bond acceptors (Lipinski definition) is 4. The second kappa shape index (κ2) is 7.96. The number of carbonyl (C=O) groups excluding carboxylic acids is 2. The first-order chi connectivity index (χ1) is 14.4. The summed E-state index contributed by atoms with van der Waals surface area (Å²) in [5, 5.41) is 5.34. The molecular formula is C22H18ClN5O2. The Bertz CT molecular complexity index is 1260. The van der Waals surface area contributed by atoms with Gasteiger partial charge in [0.25, 0.3) is 11.8 Å². The fraction of sp³-hybridized carbons (Fsp3) is 0.0909. The lowest BCUT2D eigenvalue weighted by molar-refractivity contribution is 0.0847. The SMILES string of the molecule is Cc1c(C(=O)NNC(=O)c2cc(-c3ccc(Cl)cc3)nc3ccccc23)cnn1C. The normalized spacial score (nSPS) is 10.8. The Labute approximate surface area is 177 Å². The van der Waals surface area contributed by atoms with Crippen molar-refractivity contribution in [3.8, 4) is 11.3 Å². The number of amides is 2. The quantitative estimate of drug-likeness (QED) is 0.496. The number of benzene rings is 2. The van der Waals surface area contributed by atoms with Gasteiger partial charge in [-0.25, -0.2) is 4.98 Å². The van der Waals surface area contributed by atoms with Gasteiger partial charge in [-0.2, -0.15) is 5.10 Å². The monoisotopic (exact) mass is 419 g/mol. The summed E-state index contributed by atoms with van der Waals surface area (Å²) in [5.74, 6) is -0.885. The summed E-state index contributed by atoms with van der Waals surface area (Å²) in [5.41, 5.74) is 8.55. The van der Waals surface area contributed by atoms with Crippen LogP contribution in [-0.2, 0) is 7.05 Å². The van der Waals surface area contributed by atoms with Crippen LogP contribution in [0, 0.1) is 6.92 Å². The Morgan fingerprint density at radius 2 is 1.63 bits per heavy atom. The third kappa shape index (κ3) is 3.75. The summed E-state index contributed by atoms with van der Waals surface area (Å²) in [6, 6.07) is 16.3. The van der Waals surface area contributed by atoms with E-state index >= 15 is 0 Å². The Morgan fingerprint density at radius 1 is 0.967 bits per heavy atom. The van der Waals surface area contributed by atoms with Gasteiger partial charge in [-0.1, -0.05) is 41.9 Å². The molecule has 0 saturated carbocycles. The van der Waals surface area contributed by atoms with Crippen LogP contribution in [0.3, 0.4) is 0 Å². The number of rotatable bonds is 3. The second-order valence-corrected chi connectivity index (χ2v) is 7.19. The number of pyridine rings is 1.